The number of aromatic nitrogens is 1. The number of rotatable bonds is 7. The lowest BCUT2D eigenvalue weighted by atomic mass is 9.72. The lowest BCUT2D eigenvalue weighted by molar-refractivity contribution is -0.204. The Morgan fingerprint density at radius 2 is 1.90 bits per heavy atom. The smallest absolute Gasteiger partial charge is 0.351 e. The highest BCUT2D eigenvalue weighted by atomic mass is 16.6. The molecular weight excluding hydrogens is 536 g/mol. The molecule has 1 aromatic heterocycles. The van der Waals surface area contributed by atoms with Gasteiger partial charge in [-0.25, -0.2) is 9.78 Å². The lowest BCUT2D eigenvalue weighted by Gasteiger charge is -2.46. The molecule has 0 saturated carbocycles. The van der Waals surface area contributed by atoms with Crippen LogP contribution in [0.4, 0.5) is 11.4 Å². The van der Waals surface area contributed by atoms with E-state index in [0.29, 0.717) is 29.1 Å². The molecule has 0 radical (unpaired) electrons. The molecule has 0 bridgehead atoms. The zero-order chi connectivity index (χ0) is 29.6. The highest BCUT2D eigenvalue weighted by Gasteiger charge is 2.59. The van der Waals surface area contributed by atoms with Crippen LogP contribution in [0.15, 0.2) is 54.6 Å². The molecule has 3 aromatic rings. The molecule has 0 spiro atoms. The van der Waals surface area contributed by atoms with Crippen LogP contribution in [0.2, 0.25) is 0 Å². The van der Waals surface area contributed by atoms with E-state index in [1.165, 1.54) is 19.4 Å². The van der Waals surface area contributed by atoms with Gasteiger partial charge < -0.3 is 25.0 Å². The third-order valence-electron chi connectivity index (χ3n) is 8.31. The van der Waals surface area contributed by atoms with Crippen molar-refractivity contribution in [3.05, 3.63) is 71.4 Å². The van der Waals surface area contributed by atoms with Crippen molar-refractivity contribution in [1.82, 2.24) is 9.88 Å². The number of anilines is 2. The molecule has 10 heteroatoms. The van der Waals surface area contributed by atoms with Crippen LogP contribution in [-0.2, 0) is 41.6 Å². The molecular formula is C32H32N4O6. The summed E-state index contributed by atoms with van der Waals surface area (Å²) < 4.78 is 11.1. The number of cyclic esters (lactones) is 1. The molecule has 3 atom stereocenters. The number of ether oxygens (including phenoxy) is 2. The fourth-order valence-corrected chi connectivity index (χ4v) is 6.44. The summed E-state index contributed by atoms with van der Waals surface area (Å²) in [7, 11) is 0. The third kappa shape index (κ3) is 4.47. The summed E-state index contributed by atoms with van der Waals surface area (Å²) in [6.45, 7) is 5.22. The molecule has 216 valence electrons. The van der Waals surface area contributed by atoms with Crippen molar-refractivity contribution in [2.75, 3.05) is 23.8 Å². The summed E-state index contributed by atoms with van der Waals surface area (Å²) in [6, 6.07) is 15.6. The standard InChI is InChI=1S/C32H32N4O6/c1-4-32(42-19(3)38)23-15-26-28-21(16-36(26)30(39)22(23)17-41-31(32)40)29(33-14-13-20-9-6-5-7-10-20)27-24(34-18(2)37)11-8-12-25(27)35-28/h5-12,15,22-23H,4,13-14,16-17H2,1-3H3,(H,33,35)(H,34,37)/t22?,23?,32-/m0/s1. The van der Waals surface area contributed by atoms with Gasteiger partial charge in [0.05, 0.1) is 40.7 Å². The second-order valence-corrected chi connectivity index (χ2v) is 10.9. The first-order chi connectivity index (χ1) is 20.2. The number of nitrogens with zero attached hydrogens (tertiary/aromatic N) is 2. The number of nitrogens with one attached hydrogen (secondary N) is 2. The van der Waals surface area contributed by atoms with E-state index in [4.69, 9.17) is 14.5 Å². The predicted octanol–water partition coefficient (Wildman–Crippen LogP) is 4.05. The molecule has 4 heterocycles. The summed E-state index contributed by atoms with van der Waals surface area (Å²) in [5.41, 5.74) is 3.63. The number of esters is 2. The topological polar surface area (TPSA) is 127 Å². The van der Waals surface area contributed by atoms with Gasteiger partial charge in [0.25, 0.3) is 0 Å². The Labute approximate surface area is 243 Å². The van der Waals surface area contributed by atoms with E-state index in [9.17, 15) is 19.2 Å². The molecule has 1 saturated heterocycles. The van der Waals surface area contributed by atoms with E-state index in [2.05, 4.69) is 22.8 Å². The van der Waals surface area contributed by atoms with Crippen LogP contribution in [0, 0.1) is 11.8 Å². The van der Waals surface area contributed by atoms with Crippen molar-refractivity contribution in [2.24, 2.45) is 11.8 Å². The van der Waals surface area contributed by atoms with Crippen LogP contribution in [0.1, 0.15) is 44.0 Å². The van der Waals surface area contributed by atoms with Crippen LogP contribution in [-0.4, -0.2) is 52.4 Å². The largest absolute Gasteiger partial charge is 0.462 e. The van der Waals surface area contributed by atoms with E-state index in [0.717, 1.165) is 23.1 Å². The second kappa shape index (κ2) is 10.6. The van der Waals surface area contributed by atoms with E-state index >= 15 is 0 Å². The van der Waals surface area contributed by atoms with Gasteiger partial charge in [0.2, 0.25) is 17.4 Å². The molecule has 2 amide bonds. The third-order valence-corrected chi connectivity index (χ3v) is 8.31. The normalized spacial score (nSPS) is 22.5. The minimum Gasteiger partial charge on any atom is -0.462 e. The van der Waals surface area contributed by atoms with Gasteiger partial charge in [-0.15, -0.1) is 0 Å². The maximum atomic E-state index is 14.0. The molecule has 2 unspecified atom stereocenters. The summed E-state index contributed by atoms with van der Waals surface area (Å²) in [5, 5.41) is 7.27. The molecule has 10 nitrogen and oxygen atoms in total. The number of amides is 2. The van der Waals surface area contributed by atoms with E-state index in [1.807, 2.05) is 42.5 Å². The van der Waals surface area contributed by atoms with Gasteiger partial charge in [-0.05, 0) is 36.6 Å². The Bertz CT molecular complexity index is 1650. The van der Waals surface area contributed by atoms with Crippen LogP contribution >= 0.6 is 0 Å². The number of benzene rings is 2. The van der Waals surface area contributed by atoms with Crippen molar-refractivity contribution in [3.8, 4) is 0 Å². The Morgan fingerprint density at radius 1 is 1.12 bits per heavy atom. The van der Waals surface area contributed by atoms with Crippen molar-refractivity contribution in [1.29, 1.82) is 0 Å². The highest BCUT2D eigenvalue weighted by molar-refractivity contribution is 6.09. The van der Waals surface area contributed by atoms with Gasteiger partial charge in [0, 0.05) is 37.3 Å². The number of fused-ring (bicyclic) bond motifs is 5. The zero-order valence-electron chi connectivity index (χ0n) is 23.7. The monoisotopic (exact) mass is 568 g/mol. The summed E-state index contributed by atoms with van der Waals surface area (Å²) in [4.78, 5) is 57.9. The van der Waals surface area contributed by atoms with Crippen LogP contribution in [0.5, 0.6) is 0 Å². The highest BCUT2D eigenvalue weighted by Crippen LogP contribution is 2.49. The Balaban J connectivity index is 1.49. The molecule has 3 aliphatic rings. The first kappa shape index (κ1) is 27.4. The van der Waals surface area contributed by atoms with E-state index in [1.54, 1.807) is 11.8 Å². The quantitative estimate of drug-likeness (QED) is 0.409. The van der Waals surface area contributed by atoms with Gasteiger partial charge in [-0.3, -0.25) is 14.4 Å². The maximum Gasteiger partial charge on any atom is 0.351 e. The van der Waals surface area contributed by atoms with Gasteiger partial charge in [-0.1, -0.05) is 43.3 Å². The number of carbonyl (C=O) groups is 4. The van der Waals surface area contributed by atoms with E-state index in [-0.39, 0.29) is 31.4 Å². The van der Waals surface area contributed by atoms with Gasteiger partial charge >= 0.3 is 11.9 Å². The van der Waals surface area contributed by atoms with Crippen LogP contribution < -0.4 is 10.6 Å². The molecule has 1 fully saturated rings. The SMILES string of the molecule is CC[C@@]1(OC(C)=O)C(=O)OCC2C(=O)N3Cc4c(nc5cccc(NC(C)=O)c5c4NCCc4ccccc4)C3=CC21. The maximum absolute atomic E-state index is 14.0. The first-order valence-corrected chi connectivity index (χ1v) is 14.1. The van der Waals surface area contributed by atoms with Crippen molar-refractivity contribution in [3.63, 3.8) is 0 Å². The average Bonchev–Trinajstić information content (AvgIpc) is 3.33. The van der Waals surface area contributed by atoms with E-state index < -0.39 is 29.4 Å². The molecule has 6 rings (SSSR count). The Hall–Kier alpha value is -4.73. The van der Waals surface area contributed by atoms with Crippen molar-refractivity contribution in [2.45, 2.75) is 45.8 Å². The number of pyridine rings is 1. The minimum atomic E-state index is -1.60. The van der Waals surface area contributed by atoms with Gasteiger partial charge in [0.1, 0.15) is 6.61 Å². The second-order valence-electron chi connectivity index (χ2n) is 10.9. The molecule has 2 N–H and O–H groups in total. The fourth-order valence-electron chi connectivity index (χ4n) is 6.44. The first-order valence-electron chi connectivity index (χ1n) is 14.1. The fraction of sp³-hybridized carbons (Fsp3) is 0.344. The van der Waals surface area contributed by atoms with Gasteiger partial charge in [0.15, 0.2) is 0 Å². The molecule has 0 aliphatic carbocycles. The average molecular weight is 569 g/mol. The number of carbonyl (C=O) groups excluding carboxylic acids is 4. The molecule has 2 aromatic carbocycles. The van der Waals surface area contributed by atoms with Crippen molar-refractivity contribution < 1.29 is 28.7 Å². The lowest BCUT2D eigenvalue weighted by Crippen LogP contribution is -2.60. The number of hydrogen-bond donors (Lipinski definition) is 2. The van der Waals surface area contributed by atoms with Crippen LogP contribution in [0.25, 0.3) is 16.6 Å². The molecule has 3 aliphatic heterocycles. The summed E-state index contributed by atoms with van der Waals surface area (Å²) in [6.07, 6.45) is 2.78. The van der Waals surface area contributed by atoms with Crippen LogP contribution in [0.3, 0.4) is 0 Å². The summed E-state index contributed by atoms with van der Waals surface area (Å²) >= 11 is 0. The minimum absolute atomic E-state index is 0.0910. The van der Waals surface area contributed by atoms with Crippen molar-refractivity contribution >= 4 is 51.7 Å². The number of hydrogen-bond acceptors (Lipinski definition) is 8. The molecule has 42 heavy (non-hydrogen) atoms. The summed E-state index contributed by atoms with van der Waals surface area (Å²) in [5.74, 6) is -3.08. The Morgan fingerprint density at radius 3 is 2.62 bits per heavy atom. The van der Waals surface area contributed by atoms with Gasteiger partial charge in [-0.2, -0.15) is 0 Å². The Kier molecular flexibility index (Phi) is 6.92. The predicted molar refractivity (Wildman–Crippen MR) is 156 cm³/mol. The zero-order valence-corrected chi connectivity index (χ0v) is 23.7.